The van der Waals surface area contributed by atoms with E-state index in [9.17, 15) is 9.59 Å². The monoisotopic (exact) mass is 435 g/mol. The minimum absolute atomic E-state index is 0.0469. The van der Waals surface area contributed by atoms with E-state index in [4.69, 9.17) is 14.2 Å². The van der Waals surface area contributed by atoms with Crippen molar-refractivity contribution < 1.29 is 23.8 Å². The number of urea groups is 1. The van der Waals surface area contributed by atoms with E-state index >= 15 is 0 Å². The minimum atomic E-state index is -0.918. The van der Waals surface area contributed by atoms with Crippen LogP contribution in [0.15, 0.2) is 36.4 Å². The van der Waals surface area contributed by atoms with Crippen LogP contribution in [0, 0.1) is 0 Å². The van der Waals surface area contributed by atoms with Crippen molar-refractivity contribution in [1.29, 1.82) is 0 Å². The Morgan fingerprint density at radius 3 is 2.66 bits per heavy atom. The summed E-state index contributed by atoms with van der Waals surface area (Å²) in [5.41, 5.74) is 1.65. The number of carbonyl (C=O) groups excluding carboxylic acids is 2. The fourth-order valence-corrected chi connectivity index (χ4v) is 5.37. The van der Waals surface area contributed by atoms with Crippen molar-refractivity contribution in [3.05, 3.63) is 47.5 Å². The summed E-state index contributed by atoms with van der Waals surface area (Å²) in [6.07, 6.45) is 4.39. The van der Waals surface area contributed by atoms with Crippen LogP contribution in [-0.2, 0) is 10.2 Å². The van der Waals surface area contributed by atoms with Crippen LogP contribution in [0.1, 0.15) is 36.8 Å². The Labute approximate surface area is 185 Å². The number of para-hydroxylation sites is 1. The standard InChI is InChI=1S/C24H25N3O5/c28-22-24(13-30-19-12-21-20(11-17(19)24)31-14-32-21)16-7-3-4-8-18(16)27(22)10-9-25-23(29)26-15-5-1-2-6-15/h3-4,7-8,11-12,15H,1-2,5-6,9-10,13-14H2,(H2,25,26,29). The molecular formula is C24H25N3O5. The minimum Gasteiger partial charge on any atom is -0.491 e. The Balaban J connectivity index is 1.25. The first-order valence-corrected chi connectivity index (χ1v) is 11.2. The fraction of sp³-hybridized carbons (Fsp3) is 0.417. The molecule has 1 saturated carbocycles. The van der Waals surface area contributed by atoms with Gasteiger partial charge in [-0.3, -0.25) is 4.79 Å². The van der Waals surface area contributed by atoms with Crippen molar-refractivity contribution in [2.75, 3.05) is 31.4 Å². The van der Waals surface area contributed by atoms with Crippen LogP contribution < -0.4 is 29.7 Å². The van der Waals surface area contributed by atoms with Crippen molar-refractivity contribution in [1.82, 2.24) is 10.6 Å². The summed E-state index contributed by atoms with van der Waals surface area (Å²) in [4.78, 5) is 27.9. The van der Waals surface area contributed by atoms with Crippen LogP contribution in [0.5, 0.6) is 17.2 Å². The molecule has 0 radical (unpaired) electrons. The maximum absolute atomic E-state index is 13.8. The zero-order valence-electron chi connectivity index (χ0n) is 17.7. The number of nitrogens with one attached hydrogen (secondary N) is 2. The average molecular weight is 435 g/mol. The van der Waals surface area contributed by atoms with Crippen LogP contribution in [0.3, 0.4) is 0 Å². The molecule has 2 N–H and O–H groups in total. The van der Waals surface area contributed by atoms with Crippen molar-refractivity contribution >= 4 is 17.6 Å². The van der Waals surface area contributed by atoms with Gasteiger partial charge in [-0.15, -0.1) is 0 Å². The fourth-order valence-electron chi connectivity index (χ4n) is 5.37. The molecule has 1 spiro atoms. The number of benzene rings is 2. The van der Waals surface area contributed by atoms with Crippen molar-refractivity contribution in [2.24, 2.45) is 0 Å². The summed E-state index contributed by atoms with van der Waals surface area (Å²) in [5.74, 6) is 1.86. The molecular weight excluding hydrogens is 410 g/mol. The van der Waals surface area contributed by atoms with Crippen molar-refractivity contribution in [3.8, 4) is 17.2 Å². The zero-order chi connectivity index (χ0) is 21.7. The predicted molar refractivity (Wildman–Crippen MR) is 116 cm³/mol. The maximum atomic E-state index is 13.8. The van der Waals surface area contributed by atoms with Gasteiger partial charge in [-0.1, -0.05) is 31.0 Å². The molecule has 1 aliphatic carbocycles. The smallest absolute Gasteiger partial charge is 0.315 e. The molecule has 3 heterocycles. The third-order valence-corrected chi connectivity index (χ3v) is 6.95. The summed E-state index contributed by atoms with van der Waals surface area (Å²) in [6, 6.07) is 11.6. The average Bonchev–Trinajstić information content (AvgIpc) is 3.57. The van der Waals surface area contributed by atoms with Gasteiger partial charge in [0.2, 0.25) is 12.7 Å². The molecule has 1 fully saturated rings. The van der Waals surface area contributed by atoms with Gasteiger partial charge in [-0.25, -0.2) is 4.79 Å². The third-order valence-electron chi connectivity index (χ3n) is 6.95. The van der Waals surface area contributed by atoms with Crippen LogP contribution in [-0.4, -0.2) is 44.5 Å². The van der Waals surface area contributed by atoms with E-state index in [1.807, 2.05) is 30.3 Å². The molecule has 0 aromatic heterocycles. The Bertz CT molecular complexity index is 1100. The van der Waals surface area contributed by atoms with Gasteiger partial charge in [-0.2, -0.15) is 0 Å². The highest BCUT2D eigenvalue weighted by Gasteiger charge is 2.57. The second-order valence-electron chi connectivity index (χ2n) is 8.75. The molecule has 2 aromatic rings. The quantitative estimate of drug-likeness (QED) is 0.771. The summed E-state index contributed by atoms with van der Waals surface area (Å²) in [6.45, 7) is 1.14. The van der Waals surface area contributed by atoms with E-state index in [1.165, 1.54) is 0 Å². The first-order chi connectivity index (χ1) is 15.7. The number of carbonyl (C=O) groups is 2. The number of fused-ring (bicyclic) bond motifs is 5. The lowest BCUT2D eigenvalue weighted by atomic mass is 9.77. The molecule has 1 atom stereocenters. The molecule has 1 unspecified atom stereocenters. The van der Waals surface area contributed by atoms with Crippen LogP contribution in [0.4, 0.5) is 10.5 Å². The molecule has 6 rings (SSSR count). The van der Waals surface area contributed by atoms with Gasteiger partial charge in [0.05, 0.1) is 0 Å². The molecule has 2 aromatic carbocycles. The lowest BCUT2D eigenvalue weighted by molar-refractivity contribution is -0.122. The first-order valence-electron chi connectivity index (χ1n) is 11.2. The van der Waals surface area contributed by atoms with Gasteiger partial charge in [-0.05, 0) is 30.5 Å². The Morgan fingerprint density at radius 2 is 1.81 bits per heavy atom. The summed E-state index contributed by atoms with van der Waals surface area (Å²) in [5, 5.41) is 5.93. The van der Waals surface area contributed by atoms with Gasteiger partial charge < -0.3 is 29.7 Å². The molecule has 8 nitrogen and oxygen atoms in total. The molecule has 3 amide bonds. The molecule has 8 heteroatoms. The highest BCUT2D eigenvalue weighted by molar-refractivity contribution is 6.11. The number of nitrogens with zero attached hydrogens (tertiary/aromatic N) is 1. The van der Waals surface area contributed by atoms with E-state index < -0.39 is 5.41 Å². The molecule has 0 saturated heterocycles. The highest BCUT2D eigenvalue weighted by atomic mass is 16.7. The van der Waals surface area contributed by atoms with Crippen LogP contribution in [0.25, 0.3) is 0 Å². The number of rotatable bonds is 4. The third kappa shape index (κ3) is 2.82. The summed E-state index contributed by atoms with van der Waals surface area (Å²) >= 11 is 0. The van der Waals surface area contributed by atoms with E-state index in [-0.39, 0.29) is 31.4 Å². The number of hydrogen-bond acceptors (Lipinski definition) is 5. The van der Waals surface area contributed by atoms with Crippen LogP contribution in [0.2, 0.25) is 0 Å². The maximum Gasteiger partial charge on any atom is 0.315 e. The Kier molecular flexibility index (Phi) is 4.41. The summed E-state index contributed by atoms with van der Waals surface area (Å²) in [7, 11) is 0. The van der Waals surface area contributed by atoms with Crippen molar-refractivity contribution in [3.63, 3.8) is 0 Å². The van der Waals surface area contributed by atoms with Crippen molar-refractivity contribution in [2.45, 2.75) is 37.1 Å². The Morgan fingerprint density at radius 1 is 1.03 bits per heavy atom. The van der Waals surface area contributed by atoms with E-state index in [0.29, 0.717) is 30.3 Å². The van der Waals surface area contributed by atoms with E-state index in [0.717, 1.165) is 42.5 Å². The van der Waals surface area contributed by atoms with Gasteiger partial charge in [0, 0.05) is 36.4 Å². The SMILES string of the molecule is O=C(NCCN1C(=O)C2(COc3cc4c(cc32)OCO4)c2ccccc21)NC1CCCC1. The second kappa shape index (κ2) is 7.32. The number of anilines is 1. The lowest BCUT2D eigenvalue weighted by Crippen LogP contribution is -2.47. The number of ether oxygens (including phenoxy) is 3. The van der Waals surface area contributed by atoms with Gasteiger partial charge in [0.25, 0.3) is 0 Å². The molecule has 4 aliphatic rings. The predicted octanol–water partition coefficient (Wildman–Crippen LogP) is 2.68. The highest BCUT2D eigenvalue weighted by Crippen LogP contribution is 2.54. The molecule has 166 valence electrons. The second-order valence-corrected chi connectivity index (χ2v) is 8.75. The molecule has 3 aliphatic heterocycles. The van der Waals surface area contributed by atoms with E-state index in [2.05, 4.69) is 10.6 Å². The number of hydrogen-bond donors (Lipinski definition) is 2. The molecule has 0 bridgehead atoms. The topological polar surface area (TPSA) is 89.1 Å². The number of amides is 3. The van der Waals surface area contributed by atoms with Gasteiger partial charge in [0.15, 0.2) is 11.5 Å². The van der Waals surface area contributed by atoms with Crippen LogP contribution >= 0.6 is 0 Å². The Hall–Kier alpha value is -3.42. The van der Waals surface area contributed by atoms with E-state index in [1.54, 1.807) is 11.0 Å². The largest absolute Gasteiger partial charge is 0.491 e. The molecule has 32 heavy (non-hydrogen) atoms. The first kappa shape index (κ1) is 19.3. The van der Waals surface area contributed by atoms with Gasteiger partial charge in [0.1, 0.15) is 17.8 Å². The van der Waals surface area contributed by atoms with Gasteiger partial charge >= 0.3 is 6.03 Å². The summed E-state index contributed by atoms with van der Waals surface area (Å²) < 4.78 is 17.0. The lowest BCUT2D eigenvalue weighted by Gasteiger charge is -2.23. The normalized spacial score (nSPS) is 22.8. The zero-order valence-corrected chi connectivity index (χ0v) is 17.7.